The zero-order chi connectivity index (χ0) is 8.81. The second-order valence-corrected chi connectivity index (χ2v) is 2.24. The maximum absolute atomic E-state index is 10.0. The summed E-state index contributed by atoms with van der Waals surface area (Å²) in [6.07, 6.45) is 2.90. The molecule has 0 bridgehead atoms. The highest BCUT2D eigenvalue weighted by Gasteiger charge is 2.08. The van der Waals surface area contributed by atoms with Gasteiger partial charge in [0, 0.05) is 24.5 Å². The van der Waals surface area contributed by atoms with Gasteiger partial charge in [-0.05, 0) is 6.07 Å². The summed E-state index contributed by atoms with van der Waals surface area (Å²) in [5.74, 6) is 0. The Morgan fingerprint density at radius 3 is 3.08 bits per heavy atom. The van der Waals surface area contributed by atoms with Gasteiger partial charge in [-0.2, -0.15) is 0 Å². The number of carbonyl (C=O) groups is 1. The summed E-state index contributed by atoms with van der Waals surface area (Å²) in [5, 5.41) is 0. The van der Waals surface area contributed by atoms with Crippen molar-refractivity contribution in [2.24, 2.45) is 5.73 Å². The summed E-state index contributed by atoms with van der Waals surface area (Å²) < 4.78 is 4.73. The fourth-order valence-corrected chi connectivity index (χ4v) is 0.904. The second-order valence-electron chi connectivity index (χ2n) is 2.24. The van der Waals surface area contributed by atoms with E-state index in [1.807, 2.05) is 6.07 Å². The lowest BCUT2D eigenvalue weighted by Crippen LogP contribution is -2.15. The van der Waals surface area contributed by atoms with Gasteiger partial charge in [0.2, 0.25) is 0 Å². The van der Waals surface area contributed by atoms with Gasteiger partial charge in [-0.1, -0.05) is 6.07 Å². The molecule has 0 aliphatic heterocycles. The number of aromatic nitrogens is 1. The van der Waals surface area contributed by atoms with E-state index in [0.29, 0.717) is 6.47 Å². The molecule has 0 fully saturated rings. The van der Waals surface area contributed by atoms with Crippen molar-refractivity contribution in [3.63, 3.8) is 0 Å². The number of ether oxygens (including phenoxy) is 1. The largest absolute Gasteiger partial charge is 0.458 e. The van der Waals surface area contributed by atoms with Crippen molar-refractivity contribution in [2.75, 3.05) is 6.54 Å². The molecule has 1 aromatic heterocycles. The van der Waals surface area contributed by atoms with E-state index >= 15 is 0 Å². The monoisotopic (exact) mass is 166 g/mol. The molecule has 64 valence electrons. The Labute approximate surface area is 70.4 Å². The van der Waals surface area contributed by atoms with Crippen LogP contribution in [0.1, 0.15) is 11.7 Å². The standard InChI is InChI=1S/C8H10N2O2/c9-4-8(12-6-11)7-2-1-3-10-5-7/h1-3,5-6,8H,4,9H2. The summed E-state index contributed by atoms with van der Waals surface area (Å²) in [6.45, 7) is 0.662. The van der Waals surface area contributed by atoms with E-state index in [2.05, 4.69) is 4.98 Å². The van der Waals surface area contributed by atoms with Gasteiger partial charge < -0.3 is 10.5 Å². The Morgan fingerprint density at radius 1 is 1.75 bits per heavy atom. The average molecular weight is 166 g/mol. The molecule has 1 aromatic rings. The molecule has 0 amide bonds. The SMILES string of the molecule is NCC(OC=O)c1cccnc1. The molecule has 1 rings (SSSR count). The van der Waals surface area contributed by atoms with Crippen molar-refractivity contribution < 1.29 is 9.53 Å². The van der Waals surface area contributed by atoms with Crippen LogP contribution in [0.4, 0.5) is 0 Å². The lowest BCUT2D eigenvalue weighted by atomic mass is 10.2. The quantitative estimate of drug-likeness (QED) is 0.651. The molecule has 1 heterocycles. The Kier molecular flexibility index (Phi) is 3.22. The third-order valence-electron chi connectivity index (χ3n) is 1.49. The van der Waals surface area contributed by atoms with Crippen LogP contribution in [0.2, 0.25) is 0 Å². The molecule has 0 aliphatic carbocycles. The first-order valence-electron chi connectivity index (χ1n) is 3.57. The maximum atomic E-state index is 10.0. The summed E-state index contributed by atoms with van der Waals surface area (Å²) in [4.78, 5) is 13.9. The Bertz CT molecular complexity index is 238. The van der Waals surface area contributed by atoms with E-state index in [4.69, 9.17) is 10.5 Å². The lowest BCUT2D eigenvalue weighted by molar-refractivity contribution is -0.133. The second kappa shape index (κ2) is 4.46. The molecular weight excluding hydrogens is 156 g/mol. The highest BCUT2D eigenvalue weighted by molar-refractivity contribution is 5.38. The molecular formula is C8H10N2O2. The fraction of sp³-hybridized carbons (Fsp3) is 0.250. The lowest BCUT2D eigenvalue weighted by Gasteiger charge is -2.11. The molecule has 1 atom stereocenters. The molecule has 0 spiro atoms. The fourth-order valence-electron chi connectivity index (χ4n) is 0.904. The maximum Gasteiger partial charge on any atom is 0.293 e. The first-order valence-corrected chi connectivity index (χ1v) is 3.57. The van der Waals surface area contributed by atoms with E-state index in [0.717, 1.165) is 5.56 Å². The first kappa shape index (κ1) is 8.67. The Balaban J connectivity index is 2.72. The minimum absolute atomic E-state index is 0.268. The minimum Gasteiger partial charge on any atom is -0.458 e. The van der Waals surface area contributed by atoms with Gasteiger partial charge in [0.05, 0.1) is 0 Å². The van der Waals surface area contributed by atoms with E-state index in [9.17, 15) is 4.79 Å². The van der Waals surface area contributed by atoms with Crippen molar-refractivity contribution in [3.05, 3.63) is 30.1 Å². The van der Waals surface area contributed by atoms with Crippen molar-refractivity contribution in [2.45, 2.75) is 6.10 Å². The normalized spacial score (nSPS) is 12.1. The first-order chi connectivity index (χ1) is 5.88. The molecule has 12 heavy (non-hydrogen) atoms. The summed E-state index contributed by atoms with van der Waals surface area (Å²) in [7, 11) is 0. The average Bonchev–Trinajstić information content (AvgIpc) is 2.15. The van der Waals surface area contributed by atoms with Crippen molar-refractivity contribution in [1.82, 2.24) is 4.98 Å². The molecule has 0 aliphatic rings. The number of carbonyl (C=O) groups excluding carboxylic acids is 1. The molecule has 1 unspecified atom stereocenters. The van der Waals surface area contributed by atoms with E-state index < -0.39 is 0 Å². The predicted molar refractivity (Wildman–Crippen MR) is 43.2 cm³/mol. The summed E-state index contributed by atoms with van der Waals surface area (Å²) >= 11 is 0. The van der Waals surface area contributed by atoms with Crippen molar-refractivity contribution in [3.8, 4) is 0 Å². The Hall–Kier alpha value is -1.42. The van der Waals surface area contributed by atoms with Crippen LogP contribution in [0.3, 0.4) is 0 Å². The number of pyridine rings is 1. The van der Waals surface area contributed by atoms with Gasteiger partial charge in [0.1, 0.15) is 6.10 Å². The third kappa shape index (κ3) is 2.03. The molecule has 4 nitrogen and oxygen atoms in total. The zero-order valence-corrected chi connectivity index (χ0v) is 6.51. The minimum atomic E-state index is -0.379. The van der Waals surface area contributed by atoms with Gasteiger partial charge in [0.25, 0.3) is 6.47 Å². The van der Waals surface area contributed by atoms with Crippen LogP contribution >= 0.6 is 0 Å². The topological polar surface area (TPSA) is 65.2 Å². The van der Waals surface area contributed by atoms with Crippen LogP contribution in [-0.4, -0.2) is 18.0 Å². The zero-order valence-electron chi connectivity index (χ0n) is 6.51. The van der Waals surface area contributed by atoms with E-state index in [-0.39, 0.29) is 12.6 Å². The van der Waals surface area contributed by atoms with Gasteiger partial charge in [-0.15, -0.1) is 0 Å². The molecule has 0 saturated carbocycles. The molecule has 2 N–H and O–H groups in total. The third-order valence-corrected chi connectivity index (χ3v) is 1.49. The van der Waals surface area contributed by atoms with Crippen molar-refractivity contribution >= 4 is 6.47 Å². The van der Waals surface area contributed by atoms with Crippen molar-refractivity contribution in [1.29, 1.82) is 0 Å². The van der Waals surface area contributed by atoms with Crippen LogP contribution in [0, 0.1) is 0 Å². The predicted octanol–water partition coefficient (Wildman–Crippen LogP) is 0.254. The van der Waals surface area contributed by atoms with Gasteiger partial charge in [-0.25, -0.2) is 0 Å². The molecule has 4 heteroatoms. The Morgan fingerprint density at radius 2 is 2.58 bits per heavy atom. The number of nitrogens with two attached hydrogens (primary N) is 1. The highest BCUT2D eigenvalue weighted by Crippen LogP contribution is 2.12. The summed E-state index contributed by atoms with van der Waals surface area (Å²) in [6, 6.07) is 3.58. The van der Waals surface area contributed by atoms with E-state index in [1.165, 1.54) is 0 Å². The molecule has 0 saturated heterocycles. The van der Waals surface area contributed by atoms with Gasteiger partial charge in [0.15, 0.2) is 0 Å². The number of nitrogens with zero attached hydrogens (tertiary/aromatic N) is 1. The van der Waals surface area contributed by atoms with Crippen LogP contribution in [0.25, 0.3) is 0 Å². The highest BCUT2D eigenvalue weighted by atomic mass is 16.5. The van der Waals surface area contributed by atoms with Crippen LogP contribution in [-0.2, 0) is 9.53 Å². The number of rotatable bonds is 4. The van der Waals surface area contributed by atoms with E-state index in [1.54, 1.807) is 18.5 Å². The van der Waals surface area contributed by atoms with Crippen LogP contribution < -0.4 is 5.73 Å². The van der Waals surface area contributed by atoms with Crippen LogP contribution in [0.15, 0.2) is 24.5 Å². The molecule has 0 aromatic carbocycles. The number of hydrogen-bond acceptors (Lipinski definition) is 4. The smallest absolute Gasteiger partial charge is 0.293 e. The molecule has 0 radical (unpaired) electrons. The van der Waals surface area contributed by atoms with Gasteiger partial charge >= 0.3 is 0 Å². The van der Waals surface area contributed by atoms with Gasteiger partial charge in [-0.3, -0.25) is 9.78 Å². The van der Waals surface area contributed by atoms with Crippen LogP contribution in [0.5, 0.6) is 0 Å². The summed E-state index contributed by atoms with van der Waals surface area (Å²) in [5.41, 5.74) is 6.19. The number of hydrogen-bond donors (Lipinski definition) is 1.